The first-order chi connectivity index (χ1) is 13.7. The summed E-state index contributed by atoms with van der Waals surface area (Å²) in [7, 11) is 1.42. The fraction of sp³-hybridized carbons (Fsp3) is 0.545. The molecule has 1 aromatic carbocycles. The smallest absolute Gasteiger partial charge is 0.431 e. The van der Waals surface area contributed by atoms with Gasteiger partial charge < -0.3 is 14.2 Å². The molecule has 1 unspecified atom stereocenters. The lowest BCUT2D eigenvalue weighted by Gasteiger charge is -2.30. The van der Waals surface area contributed by atoms with E-state index >= 15 is 0 Å². The summed E-state index contributed by atoms with van der Waals surface area (Å²) in [5, 5.41) is 1.23. The van der Waals surface area contributed by atoms with E-state index in [1.165, 1.54) is 12.2 Å². The number of carbonyl (C=O) groups is 2. The Hall–Kier alpha value is -2.38. The standard InChI is InChI=1S/C22H29NO6/c1-13-10-14(2)17(15(3)11-13)18-19(22(4,5)23(26-6)20(18)24)29-21(25)28-12-16-8-7-9-27-16/h10-11,16H,7-9,12H2,1-6H3. The monoisotopic (exact) mass is 403 g/mol. The van der Waals surface area contributed by atoms with Gasteiger partial charge in [0.25, 0.3) is 5.91 Å². The first kappa shape index (κ1) is 21.3. The van der Waals surface area contributed by atoms with E-state index in [4.69, 9.17) is 19.0 Å². The second-order valence-electron chi connectivity index (χ2n) is 8.12. The molecule has 7 nitrogen and oxygen atoms in total. The number of amides is 1. The maximum atomic E-state index is 13.2. The molecule has 0 aromatic heterocycles. The van der Waals surface area contributed by atoms with Crippen LogP contribution in [0, 0.1) is 20.8 Å². The largest absolute Gasteiger partial charge is 0.513 e. The minimum atomic E-state index is -0.978. The maximum absolute atomic E-state index is 13.2. The minimum Gasteiger partial charge on any atom is -0.431 e. The van der Waals surface area contributed by atoms with Crippen molar-refractivity contribution in [3.05, 3.63) is 40.1 Å². The Labute approximate surface area is 171 Å². The van der Waals surface area contributed by atoms with Gasteiger partial charge in [0.15, 0.2) is 5.76 Å². The highest BCUT2D eigenvalue weighted by atomic mass is 16.7. The molecule has 29 heavy (non-hydrogen) atoms. The van der Waals surface area contributed by atoms with Crippen LogP contribution >= 0.6 is 0 Å². The lowest BCUT2D eigenvalue weighted by Crippen LogP contribution is -2.43. The van der Waals surface area contributed by atoms with E-state index in [1.807, 2.05) is 32.9 Å². The molecule has 1 amide bonds. The summed E-state index contributed by atoms with van der Waals surface area (Å²) >= 11 is 0. The number of carbonyl (C=O) groups excluding carboxylic acids is 2. The van der Waals surface area contributed by atoms with Crippen molar-refractivity contribution in [3.8, 4) is 0 Å². The van der Waals surface area contributed by atoms with E-state index < -0.39 is 11.7 Å². The van der Waals surface area contributed by atoms with E-state index in [1.54, 1.807) is 13.8 Å². The molecule has 7 heteroatoms. The zero-order chi connectivity index (χ0) is 21.3. The first-order valence-corrected chi connectivity index (χ1v) is 9.84. The van der Waals surface area contributed by atoms with Gasteiger partial charge in [-0.3, -0.25) is 9.63 Å². The molecule has 2 heterocycles. The number of nitrogens with zero attached hydrogens (tertiary/aromatic N) is 1. The zero-order valence-corrected chi connectivity index (χ0v) is 18.0. The van der Waals surface area contributed by atoms with Gasteiger partial charge in [-0.25, -0.2) is 9.86 Å². The molecule has 1 saturated heterocycles. The van der Waals surface area contributed by atoms with Crippen molar-refractivity contribution in [3.63, 3.8) is 0 Å². The second-order valence-corrected chi connectivity index (χ2v) is 8.12. The predicted molar refractivity (Wildman–Crippen MR) is 107 cm³/mol. The number of rotatable bonds is 5. The van der Waals surface area contributed by atoms with Crippen LogP contribution in [0.5, 0.6) is 0 Å². The van der Waals surface area contributed by atoms with Crippen LogP contribution in [0.15, 0.2) is 17.9 Å². The molecule has 0 N–H and O–H groups in total. The van der Waals surface area contributed by atoms with Crippen LogP contribution in [0.1, 0.15) is 48.9 Å². The second kappa shape index (κ2) is 8.16. The molecule has 0 spiro atoms. The SMILES string of the molecule is CON1C(=O)C(c2c(C)cc(C)cc2C)=C(OC(=O)OCC2CCCO2)C1(C)C. The van der Waals surface area contributed by atoms with Gasteiger partial charge in [0.2, 0.25) is 0 Å². The Morgan fingerprint density at radius 1 is 1.24 bits per heavy atom. The van der Waals surface area contributed by atoms with Crippen LogP contribution in [-0.4, -0.2) is 49.1 Å². The molecule has 0 aliphatic carbocycles. The van der Waals surface area contributed by atoms with Gasteiger partial charge >= 0.3 is 6.16 Å². The Kier molecular flexibility index (Phi) is 6.00. The van der Waals surface area contributed by atoms with Crippen LogP contribution in [0.25, 0.3) is 5.57 Å². The van der Waals surface area contributed by atoms with Gasteiger partial charge in [0.1, 0.15) is 12.1 Å². The Balaban J connectivity index is 1.97. The predicted octanol–water partition coefficient (Wildman–Crippen LogP) is 3.84. The van der Waals surface area contributed by atoms with E-state index in [0.29, 0.717) is 12.2 Å². The van der Waals surface area contributed by atoms with E-state index in [9.17, 15) is 9.59 Å². The van der Waals surface area contributed by atoms with Crippen molar-refractivity contribution in [1.82, 2.24) is 5.06 Å². The molecule has 0 saturated carbocycles. The Morgan fingerprint density at radius 3 is 2.45 bits per heavy atom. The van der Waals surface area contributed by atoms with E-state index in [-0.39, 0.29) is 24.4 Å². The number of benzene rings is 1. The number of hydroxylamine groups is 2. The summed E-state index contributed by atoms with van der Waals surface area (Å²) in [5.74, 6) is -0.133. The number of hydrogen-bond acceptors (Lipinski definition) is 6. The molecule has 0 bridgehead atoms. The van der Waals surface area contributed by atoms with Gasteiger partial charge in [0, 0.05) is 6.61 Å². The van der Waals surface area contributed by atoms with Gasteiger partial charge in [-0.2, -0.15) is 0 Å². The number of aryl methyl sites for hydroxylation is 3. The molecule has 1 aromatic rings. The fourth-order valence-electron chi connectivity index (χ4n) is 4.18. The van der Waals surface area contributed by atoms with Crippen molar-refractivity contribution in [2.45, 2.75) is 59.1 Å². The molecule has 2 aliphatic rings. The quantitative estimate of drug-likeness (QED) is 0.696. The summed E-state index contributed by atoms with van der Waals surface area (Å²) in [6.45, 7) is 10.2. The fourth-order valence-corrected chi connectivity index (χ4v) is 4.18. The summed E-state index contributed by atoms with van der Waals surface area (Å²) in [6, 6.07) is 4.00. The highest BCUT2D eigenvalue weighted by Gasteiger charge is 2.50. The summed E-state index contributed by atoms with van der Waals surface area (Å²) in [5.41, 5.74) is 3.03. The van der Waals surface area contributed by atoms with Gasteiger partial charge in [0.05, 0.1) is 18.8 Å². The molecule has 2 aliphatic heterocycles. The summed E-state index contributed by atoms with van der Waals surface area (Å²) < 4.78 is 16.3. The van der Waals surface area contributed by atoms with Crippen LogP contribution in [-0.2, 0) is 23.8 Å². The topological polar surface area (TPSA) is 74.3 Å². The Bertz CT molecular complexity index is 828. The molecule has 1 fully saturated rings. The molecular formula is C22H29NO6. The third-order valence-corrected chi connectivity index (χ3v) is 5.39. The van der Waals surface area contributed by atoms with Crippen LogP contribution in [0.4, 0.5) is 4.79 Å². The minimum absolute atomic E-state index is 0.105. The van der Waals surface area contributed by atoms with E-state index in [2.05, 4.69) is 0 Å². The lowest BCUT2D eigenvalue weighted by molar-refractivity contribution is -0.190. The van der Waals surface area contributed by atoms with Gasteiger partial charge in [-0.1, -0.05) is 17.7 Å². The number of ether oxygens (including phenoxy) is 3. The van der Waals surface area contributed by atoms with Crippen LogP contribution < -0.4 is 0 Å². The van der Waals surface area contributed by atoms with Crippen molar-refractivity contribution >= 4 is 17.6 Å². The zero-order valence-electron chi connectivity index (χ0n) is 18.0. The molecule has 3 rings (SSSR count). The van der Waals surface area contributed by atoms with Crippen LogP contribution in [0.3, 0.4) is 0 Å². The maximum Gasteiger partial charge on any atom is 0.513 e. The van der Waals surface area contributed by atoms with Crippen molar-refractivity contribution in [1.29, 1.82) is 0 Å². The molecule has 0 radical (unpaired) electrons. The average molecular weight is 403 g/mol. The third kappa shape index (κ3) is 4.02. The molecular weight excluding hydrogens is 374 g/mol. The van der Waals surface area contributed by atoms with Crippen molar-refractivity contribution < 1.29 is 28.6 Å². The third-order valence-electron chi connectivity index (χ3n) is 5.39. The number of hydrogen-bond donors (Lipinski definition) is 0. The normalized spacial score (nSPS) is 21.1. The van der Waals surface area contributed by atoms with Gasteiger partial charge in [-0.15, -0.1) is 0 Å². The summed E-state index contributed by atoms with van der Waals surface area (Å²) in [6.07, 6.45) is 0.847. The van der Waals surface area contributed by atoms with Gasteiger partial charge in [-0.05, 0) is 64.2 Å². The Morgan fingerprint density at radius 2 is 1.90 bits per heavy atom. The summed E-state index contributed by atoms with van der Waals surface area (Å²) in [4.78, 5) is 31.0. The highest BCUT2D eigenvalue weighted by Crippen LogP contribution is 2.42. The lowest BCUT2D eigenvalue weighted by atomic mass is 9.91. The average Bonchev–Trinajstić information content (AvgIpc) is 3.20. The molecule has 1 atom stereocenters. The first-order valence-electron chi connectivity index (χ1n) is 9.84. The van der Waals surface area contributed by atoms with Crippen molar-refractivity contribution in [2.75, 3.05) is 20.3 Å². The van der Waals surface area contributed by atoms with Crippen molar-refractivity contribution in [2.24, 2.45) is 0 Å². The highest BCUT2D eigenvalue weighted by molar-refractivity contribution is 6.23. The van der Waals surface area contributed by atoms with E-state index in [0.717, 1.165) is 35.1 Å². The van der Waals surface area contributed by atoms with Crippen LogP contribution in [0.2, 0.25) is 0 Å². The molecule has 158 valence electrons.